The van der Waals surface area contributed by atoms with Gasteiger partial charge in [0.1, 0.15) is 0 Å². The fourth-order valence-corrected chi connectivity index (χ4v) is 2.34. The molecule has 0 rings (SSSR count). The predicted molar refractivity (Wildman–Crippen MR) is 53.3 cm³/mol. The van der Waals surface area contributed by atoms with Crippen LogP contribution in [0, 0.1) is 0 Å². The van der Waals surface area contributed by atoms with Crippen molar-refractivity contribution >= 4 is 15.6 Å². The molecule has 0 aromatic heterocycles. The molecule has 4 N–H and O–H groups in total. The standard InChI is InChI=1S/C3H8O5P2.C3H8O/c1-2-3(9(4)5)10(6,7)8;1-2-3-4/h3H,2H2,1H3,(H2-,4,5,6,7,8);4H,2-3H2,1H3/p+1. The summed E-state index contributed by atoms with van der Waals surface area (Å²) >= 11 is 0. The van der Waals surface area contributed by atoms with Crippen molar-refractivity contribution in [2.24, 2.45) is 0 Å². The largest absolute Gasteiger partial charge is 0.521 e. The van der Waals surface area contributed by atoms with Gasteiger partial charge in [-0.25, -0.2) is 0 Å². The average molecular weight is 247 g/mol. The Hall–Kier alpha value is 0.170. The molecule has 0 fully saturated rings. The first-order chi connectivity index (χ1) is 6.31. The Bertz CT molecular complexity index is 198. The van der Waals surface area contributed by atoms with Crippen molar-refractivity contribution in [1.29, 1.82) is 0 Å². The number of rotatable bonds is 4. The van der Waals surface area contributed by atoms with Gasteiger partial charge in [-0.3, -0.25) is 4.57 Å². The highest BCUT2D eigenvalue weighted by Gasteiger charge is 2.43. The lowest BCUT2D eigenvalue weighted by atomic mass is 10.5. The van der Waals surface area contributed by atoms with Gasteiger partial charge in [-0.1, -0.05) is 13.8 Å². The Morgan fingerprint density at radius 3 is 1.71 bits per heavy atom. The highest BCUT2D eigenvalue weighted by Crippen LogP contribution is 2.53. The number of aliphatic hydroxyl groups excluding tert-OH is 1. The van der Waals surface area contributed by atoms with E-state index in [0.717, 1.165) is 6.42 Å². The first-order valence-electron chi connectivity index (χ1n) is 4.12. The maximum absolute atomic E-state index is 10.4. The molecule has 14 heavy (non-hydrogen) atoms. The zero-order valence-corrected chi connectivity index (χ0v) is 9.99. The van der Waals surface area contributed by atoms with Crippen LogP contribution in [0.2, 0.25) is 0 Å². The smallest absolute Gasteiger partial charge is 0.396 e. The highest BCUT2D eigenvalue weighted by molar-refractivity contribution is 7.65. The third kappa shape index (κ3) is 8.75. The van der Waals surface area contributed by atoms with Gasteiger partial charge in [0.05, 0.1) is 0 Å². The summed E-state index contributed by atoms with van der Waals surface area (Å²) in [5.74, 6) is 0. The van der Waals surface area contributed by atoms with Crippen LogP contribution in [-0.4, -0.2) is 31.8 Å². The van der Waals surface area contributed by atoms with Crippen LogP contribution in [0.4, 0.5) is 0 Å². The van der Waals surface area contributed by atoms with E-state index in [1.165, 1.54) is 6.92 Å². The molecule has 0 bridgehead atoms. The van der Waals surface area contributed by atoms with E-state index in [-0.39, 0.29) is 6.42 Å². The van der Waals surface area contributed by atoms with Crippen LogP contribution in [0.3, 0.4) is 0 Å². The van der Waals surface area contributed by atoms with Crippen molar-refractivity contribution in [1.82, 2.24) is 0 Å². The van der Waals surface area contributed by atoms with E-state index in [9.17, 15) is 9.13 Å². The third-order valence-electron chi connectivity index (χ3n) is 1.23. The molecule has 0 aromatic carbocycles. The lowest BCUT2D eigenvalue weighted by Gasteiger charge is -2.02. The summed E-state index contributed by atoms with van der Waals surface area (Å²) in [5.41, 5.74) is 0. The summed E-state index contributed by atoms with van der Waals surface area (Å²) in [6.07, 6.45) is 0.885. The molecule has 0 aliphatic rings. The summed E-state index contributed by atoms with van der Waals surface area (Å²) in [6.45, 7) is 3.70. The molecule has 0 aliphatic carbocycles. The maximum Gasteiger partial charge on any atom is 0.521 e. The third-order valence-corrected chi connectivity index (χ3v) is 4.74. The van der Waals surface area contributed by atoms with E-state index in [1.54, 1.807) is 0 Å². The molecule has 8 heteroatoms. The lowest BCUT2D eigenvalue weighted by molar-refractivity contribution is 0.295. The molecular formula is C6H17O6P2+. The fourth-order valence-electron chi connectivity index (χ4n) is 0.523. The molecule has 0 aromatic rings. The minimum absolute atomic E-state index is 0.00990. The molecule has 2 atom stereocenters. The van der Waals surface area contributed by atoms with Crippen LogP contribution in [0.1, 0.15) is 26.7 Å². The van der Waals surface area contributed by atoms with Crippen molar-refractivity contribution < 1.29 is 28.9 Å². The van der Waals surface area contributed by atoms with Gasteiger partial charge in [-0.05, 0) is 11.0 Å². The molecule has 0 aliphatic heterocycles. The second kappa shape index (κ2) is 8.48. The molecule has 2 unspecified atom stereocenters. The Kier molecular flexibility index (Phi) is 10.0. The van der Waals surface area contributed by atoms with Gasteiger partial charge in [-0.2, -0.15) is 4.89 Å². The van der Waals surface area contributed by atoms with Crippen molar-refractivity contribution in [2.45, 2.75) is 32.1 Å². The van der Waals surface area contributed by atoms with Crippen LogP contribution in [0.15, 0.2) is 0 Å². The average Bonchev–Trinajstić information content (AvgIpc) is 2.02. The topological polar surface area (TPSA) is 115 Å². The summed E-state index contributed by atoms with van der Waals surface area (Å²) in [4.78, 5) is 25.2. The first kappa shape index (κ1) is 16.6. The van der Waals surface area contributed by atoms with Crippen molar-refractivity contribution in [3.05, 3.63) is 0 Å². The second-order valence-corrected chi connectivity index (χ2v) is 5.94. The van der Waals surface area contributed by atoms with Crippen LogP contribution in [-0.2, 0) is 9.13 Å². The van der Waals surface area contributed by atoms with Crippen molar-refractivity contribution in [3.63, 3.8) is 0 Å². The Labute approximate surface area is 84.0 Å². The monoisotopic (exact) mass is 247 g/mol. The van der Waals surface area contributed by atoms with Gasteiger partial charge in [0.2, 0.25) is 0 Å². The Morgan fingerprint density at radius 2 is 1.71 bits per heavy atom. The second-order valence-electron chi connectivity index (χ2n) is 2.50. The summed E-state index contributed by atoms with van der Waals surface area (Å²) in [7, 11) is -7.13. The van der Waals surface area contributed by atoms with Crippen molar-refractivity contribution in [2.75, 3.05) is 6.61 Å². The maximum atomic E-state index is 10.4. The van der Waals surface area contributed by atoms with E-state index in [4.69, 9.17) is 19.8 Å². The Morgan fingerprint density at radius 1 is 1.36 bits per heavy atom. The van der Waals surface area contributed by atoms with Crippen LogP contribution in [0.25, 0.3) is 0 Å². The molecule has 0 amide bonds. The number of hydrogen-bond donors (Lipinski definition) is 4. The van der Waals surface area contributed by atoms with E-state index in [2.05, 4.69) is 0 Å². The molecule has 86 valence electrons. The minimum atomic E-state index is -4.37. The zero-order chi connectivity index (χ0) is 11.8. The van der Waals surface area contributed by atoms with E-state index in [0.29, 0.717) is 6.61 Å². The Balaban J connectivity index is 0. The molecule has 0 saturated carbocycles. The molecular weight excluding hydrogens is 230 g/mol. The summed E-state index contributed by atoms with van der Waals surface area (Å²) in [6, 6.07) is 0. The van der Waals surface area contributed by atoms with Gasteiger partial charge in [-0.15, -0.1) is 0 Å². The molecule has 0 saturated heterocycles. The summed E-state index contributed by atoms with van der Waals surface area (Å²) in [5, 5.41) is 6.47. The summed E-state index contributed by atoms with van der Waals surface area (Å²) < 4.78 is 20.6. The molecule has 0 radical (unpaired) electrons. The minimum Gasteiger partial charge on any atom is -0.396 e. The van der Waals surface area contributed by atoms with Gasteiger partial charge < -0.3 is 14.9 Å². The number of hydrogen-bond acceptors (Lipinski definition) is 3. The SMILES string of the molecule is CCC([P+](=O)O)P(=O)(O)O.CCCO. The van der Waals surface area contributed by atoms with Crippen molar-refractivity contribution in [3.8, 4) is 0 Å². The molecule has 0 heterocycles. The predicted octanol–water partition coefficient (Wildman–Crippen LogP) is 1.02. The van der Waals surface area contributed by atoms with Crippen LogP contribution >= 0.6 is 15.6 Å². The lowest BCUT2D eigenvalue weighted by Crippen LogP contribution is -2.00. The van der Waals surface area contributed by atoms with Crippen LogP contribution in [0.5, 0.6) is 0 Å². The van der Waals surface area contributed by atoms with Gasteiger partial charge in [0.15, 0.2) is 0 Å². The van der Waals surface area contributed by atoms with Gasteiger partial charge in [0, 0.05) is 13.0 Å². The van der Waals surface area contributed by atoms with Gasteiger partial charge in [0.25, 0.3) is 5.40 Å². The number of aliphatic hydroxyl groups is 1. The first-order valence-corrected chi connectivity index (χ1v) is 7.08. The zero-order valence-electron chi connectivity index (χ0n) is 8.20. The fraction of sp³-hybridized carbons (Fsp3) is 1.00. The van der Waals surface area contributed by atoms with Gasteiger partial charge >= 0.3 is 15.6 Å². The highest BCUT2D eigenvalue weighted by atomic mass is 31.2. The van der Waals surface area contributed by atoms with E-state index in [1.807, 2.05) is 6.92 Å². The molecule has 0 spiro atoms. The van der Waals surface area contributed by atoms with Crippen LogP contribution < -0.4 is 0 Å². The quantitative estimate of drug-likeness (QED) is 0.551. The molecule has 6 nitrogen and oxygen atoms in total. The van der Waals surface area contributed by atoms with E-state index >= 15 is 0 Å². The van der Waals surface area contributed by atoms with E-state index < -0.39 is 21.0 Å². The normalized spacial score (nSPS) is 14.0.